The number of thioether (sulfide) groups is 1. The van der Waals surface area contributed by atoms with Gasteiger partial charge in [-0.2, -0.15) is 0 Å². The number of nitrogens with zero attached hydrogens (tertiary/aromatic N) is 2. The van der Waals surface area contributed by atoms with Gasteiger partial charge in [0, 0.05) is 25.4 Å². The highest BCUT2D eigenvalue weighted by Gasteiger charge is 2.20. The van der Waals surface area contributed by atoms with Gasteiger partial charge in [0.1, 0.15) is 6.17 Å². The second kappa shape index (κ2) is 5.14. The van der Waals surface area contributed by atoms with Crippen LogP contribution in [0.1, 0.15) is 6.42 Å². The van der Waals surface area contributed by atoms with Crippen LogP contribution in [0, 0.1) is 0 Å². The third-order valence-electron chi connectivity index (χ3n) is 2.37. The Kier molecular flexibility index (Phi) is 3.82. The molecule has 0 saturated carbocycles. The van der Waals surface area contributed by atoms with Crippen LogP contribution in [0.4, 0.5) is 9.52 Å². The van der Waals surface area contributed by atoms with Crippen LogP contribution in [0.5, 0.6) is 0 Å². The zero-order valence-corrected chi connectivity index (χ0v) is 9.99. The van der Waals surface area contributed by atoms with Crippen LogP contribution in [-0.4, -0.2) is 41.4 Å². The summed E-state index contributed by atoms with van der Waals surface area (Å²) in [6, 6.07) is 0. The normalized spacial score (nSPS) is 22.3. The molecule has 1 aromatic heterocycles. The molecule has 0 radical (unpaired) electrons. The van der Waals surface area contributed by atoms with E-state index in [0.717, 1.165) is 23.1 Å². The highest BCUT2D eigenvalue weighted by molar-refractivity contribution is 8.01. The fraction of sp³-hybridized carbons (Fsp3) is 0.667. The van der Waals surface area contributed by atoms with E-state index < -0.39 is 6.17 Å². The van der Waals surface area contributed by atoms with Crippen LogP contribution >= 0.6 is 23.1 Å². The highest BCUT2D eigenvalue weighted by Crippen LogP contribution is 2.26. The number of likely N-dealkylation sites (tertiary alicyclic amines) is 1. The van der Waals surface area contributed by atoms with Crippen LogP contribution in [0.15, 0.2) is 10.4 Å². The lowest BCUT2D eigenvalue weighted by Crippen LogP contribution is -2.23. The van der Waals surface area contributed by atoms with Gasteiger partial charge in [-0.3, -0.25) is 4.90 Å². The highest BCUT2D eigenvalue weighted by atomic mass is 32.2. The van der Waals surface area contributed by atoms with Crippen molar-refractivity contribution in [3.63, 3.8) is 0 Å². The topological polar surface area (TPSA) is 42.1 Å². The summed E-state index contributed by atoms with van der Waals surface area (Å²) in [4.78, 5) is 6.15. The van der Waals surface area contributed by atoms with Crippen molar-refractivity contribution in [1.82, 2.24) is 9.88 Å². The molecule has 2 rings (SSSR count). The Hall–Kier alpha value is -0.330. The van der Waals surface area contributed by atoms with Crippen molar-refractivity contribution in [1.29, 1.82) is 0 Å². The predicted octanol–water partition coefficient (Wildman–Crippen LogP) is 1.86. The molecule has 1 aromatic rings. The number of alkyl halides is 1. The van der Waals surface area contributed by atoms with Crippen LogP contribution in [-0.2, 0) is 0 Å². The van der Waals surface area contributed by atoms with E-state index in [0.29, 0.717) is 18.1 Å². The Labute approximate surface area is 96.9 Å². The van der Waals surface area contributed by atoms with Crippen LogP contribution < -0.4 is 5.73 Å². The molecule has 2 N–H and O–H groups in total. The number of aromatic nitrogens is 1. The van der Waals surface area contributed by atoms with Gasteiger partial charge in [-0.15, -0.1) is 11.8 Å². The van der Waals surface area contributed by atoms with Crippen molar-refractivity contribution in [2.75, 3.05) is 31.1 Å². The van der Waals surface area contributed by atoms with E-state index in [9.17, 15) is 4.39 Å². The van der Waals surface area contributed by atoms with Gasteiger partial charge in [-0.25, -0.2) is 9.37 Å². The zero-order valence-electron chi connectivity index (χ0n) is 8.36. The number of halogens is 1. The summed E-state index contributed by atoms with van der Waals surface area (Å²) in [5, 5.41) is 0.613. The van der Waals surface area contributed by atoms with Crippen molar-refractivity contribution in [2.45, 2.75) is 16.8 Å². The molecule has 0 unspecified atom stereocenters. The van der Waals surface area contributed by atoms with Crippen molar-refractivity contribution in [3.8, 4) is 0 Å². The molecule has 0 amide bonds. The Bertz CT molecular complexity index is 318. The average Bonchev–Trinajstić information content (AvgIpc) is 2.76. The molecule has 0 bridgehead atoms. The second-order valence-electron chi connectivity index (χ2n) is 3.55. The van der Waals surface area contributed by atoms with Crippen molar-refractivity contribution in [3.05, 3.63) is 6.20 Å². The third kappa shape index (κ3) is 3.32. The number of nitrogen functional groups attached to an aromatic ring is 1. The molecule has 2 heterocycles. The van der Waals surface area contributed by atoms with Gasteiger partial charge < -0.3 is 5.73 Å². The minimum Gasteiger partial charge on any atom is -0.375 e. The molecule has 84 valence electrons. The average molecular weight is 247 g/mol. The van der Waals surface area contributed by atoms with E-state index in [1.54, 1.807) is 18.0 Å². The fourth-order valence-corrected chi connectivity index (χ4v) is 3.44. The fourth-order valence-electron chi connectivity index (χ4n) is 1.60. The molecule has 1 atom stereocenters. The molecule has 0 spiro atoms. The maximum absolute atomic E-state index is 12.9. The smallest absolute Gasteiger partial charge is 0.181 e. The standard InChI is InChI=1S/C9H14FN3S2/c10-7-1-2-13(6-7)3-4-14-8-5-12-9(11)15-8/h5,7H,1-4,6H2,(H2,11,12)/t7-/m0/s1. The molecular weight excluding hydrogens is 233 g/mol. The monoisotopic (exact) mass is 247 g/mol. The van der Waals surface area contributed by atoms with Crippen LogP contribution in [0.2, 0.25) is 0 Å². The molecule has 0 aliphatic carbocycles. The Balaban J connectivity index is 1.67. The number of nitrogens with two attached hydrogens (primary N) is 1. The van der Waals surface area contributed by atoms with Crippen molar-refractivity contribution in [2.24, 2.45) is 0 Å². The number of hydrogen-bond acceptors (Lipinski definition) is 5. The van der Waals surface area contributed by atoms with E-state index >= 15 is 0 Å². The van der Waals surface area contributed by atoms with Crippen LogP contribution in [0.25, 0.3) is 0 Å². The van der Waals surface area contributed by atoms with Gasteiger partial charge in [0.15, 0.2) is 5.13 Å². The quantitative estimate of drug-likeness (QED) is 0.825. The first kappa shape index (κ1) is 11.2. The first-order valence-electron chi connectivity index (χ1n) is 4.94. The lowest BCUT2D eigenvalue weighted by molar-refractivity contribution is 0.299. The number of anilines is 1. The SMILES string of the molecule is Nc1ncc(SCCN2CC[C@H](F)C2)s1. The zero-order chi connectivity index (χ0) is 10.7. The summed E-state index contributed by atoms with van der Waals surface area (Å²) in [5.74, 6) is 0.981. The van der Waals surface area contributed by atoms with Gasteiger partial charge in [-0.05, 0) is 6.42 Å². The molecule has 0 aromatic carbocycles. The summed E-state index contributed by atoms with van der Waals surface area (Å²) in [6.45, 7) is 2.45. The number of hydrogen-bond donors (Lipinski definition) is 1. The molecule has 1 aliphatic rings. The van der Waals surface area contributed by atoms with Gasteiger partial charge in [0.25, 0.3) is 0 Å². The summed E-state index contributed by atoms with van der Waals surface area (Å²) < 4.78 is 14.0. The summed E-state index contributed by atoms with van der Waals surface area (Å²) in [6.07, 6.45) is 1.87. The van der Waals surface area contributed by atoms with Gasteiger partial charge in [0.2, 0.25) is 0 Å². The molecular formula is C9H14FN3S2. The van der Waals surface area contributed by atoms with Gasteiger partial charge in [-0.1, -0.05) is 11.3 Å². The first-order chi connectivity index (χ1) is 7.24. The van der Waals surface area contributed by atoms with Crippen molar-refractivity contribution >= 4 is 28.2 Å². The van der Waals surface area contributed by atoms with Gasteiger partial charge >= 0.3 is 0 Å². The lowest BCUT2D eigenvalue weighted by atomic mass is 10.3. The minimum atomic E-state index is -0.617. The molecule has 1 fully saturated rings. The second-order valence-corrected chi connectivity index (χ2v) is 6.01. The first-order valence-corrected chi connectivity index (χ1v) is 6.75. The van der Waals surface area contributed by atoms with Crippen LogP contribution in [0.3, 0.4) is 0 Å². The van der Waals surface area contributed by atoms with Crippen molar-refractivity contribution < 1.29 is 4.39 Å². The van der Waals surface area contributed by atoms with E-state index in [1.165, 1.54) is 11.3 Å². The lowest BCUT2D eigenvalue weighted by Gasteiger charge is -2.12. The Morgan fingerprint density at radius 1 is 1.73 bits per heavy atom. The minimum absolute atomic E-state index is 0.603. The molecule has 1 aliphatic heterocycles. The molecule has 1 saturated heterocycles. The van der Waals surface area contributed by atoms with E-state index in [-0.39, 0.29) is 0 Å². The van der Waals surface area contributed by atoms with Gasteiger partial charge in [0.05, 0.1) is 10.4 Å². The van der Waals surface area contributed by atoms with E-state index in [2.05, 4.69) is 9.88 Å². The molecule has 15 heavy (non-hydrogen) atoms. The van der Waals surface area contributed by atoms with E-state index in [4.69, 9.17) is 5.73 Å². The molecule has 6 heteroatoms. The Morgan fingerprint density at radius 2 is 2.60 bits per heavy atom. The molecule has 3 nitrogen and oxygen atoms in total. The predicted molar refractivity (Wildman–Crippen MR) is 63.2 cm³/mol. The van der Waals surface area contributed by atoms with E-state index in [1.807, 2.05) is 0 Å². The third-order valence-corrected chi connectivity index (χ3v) is 4.37. The number of thiazole rings is 1. The Morgan fingerprint density at radius 3 is 3.20 bits per heavy atom. The summed E-state index contributed by atoms with van der Waals surface area (Å²) >= 11 is 3.25. The summed E-state index contributed by atoms with van der Waals surface area (Å²) in [5.41, 5.74) is 5.52. The summed E-state index contributed by atoms with van der Waals surface area (Å²) in [7, 11) is 0. The number of rotatable bonds is 4. The maximum atomic E-state index is 12.9. The largest absolute Gasteiger partial charge is 0.375 e. The maximum Gasteiger partial charge on any atom is 0.181 e.